The monoisotopic (exact) mass is 219 g/mol. The average molecular weight is 219 g/mol. The smallest absolute Gasteiger partial charge is 0.169 e. The zero-order valence-corrected chi connectivity index (χ0v) is 10.3. The van der Waals surface area contributed by atoms with Crippen LogP contribution >= 0.6 is 0 Å². The predicted octanol–water partition coefficient (Wildman–Crippen LogP) is 1.40. The molecule has 0 radical (unpaired) electrons. The number of ether oxygens (including phenoxy) is 3. The van der Waals surface area contributed by atoms with Crippen LogP contribution in [0.4, 0.5) is 0 Å². The Labute approximate surface area is 93.3 Å². The Morgan fingerprint density at radius 2 is 1.67 bits per heavy atom. The van der Waals surface area contributed by atoms with Gasteiger partial charge in [0.1, 0.15) is 0 Å². The first-order valence-electron chi connectivity index (χ1n) is 5.86. The van der Waals surface area contributed by atoms with Crippen LogP contribution in [0.1, 0.15) is 27.2 Å². The molecule has 0 aromatic heterocycles. The van der Waals surface area contributed by atoms with Gasteiger partial charge in [0.2, 0.25) is 0 Å². The van der Waals surface area contributed by atoms with Crippen molar-refractivity contribution in [2.75, 3.05) is 39.5 Å². The van der Waals surface area contributed by atoms with Gasteiger partial charge in [-0.05, 0) is 20.3 Å². The van der Waals surface area contributed by atoms with Gasteiger partial charge in [-0.2, -0.15) is 0 Å². The molecule has 0 atom stereocenters. The summed E-state index contributed by atoms with van der Waals surface area (Å²) in [5.74, 6) is 0. The third kappa shape index (κ3) is 10.1. The van der Waals surface area contributed by atoms with Gasteiger partial charge in [0.25, 0.3) is 0 Å². The van der Waals surface area contributed by atoms with E-state index >= 15 is 0 Å². The molecule has 0 aliphatic heterocycles. The van der Waals surface area contributed by atoms with E-state index in [-0.39, 0.29) is 6.29 Å². The standard InChI is InChI=1S/C11H25NO3/c1-4-8-13-9-7-12-10-11(14-5-2)15-6-3/h11-12H,4-10H2,1-3H3. The second-order valence-electron chi connectivity index (χ2n) is 3.16. The van der Waals surface area contributed by atoms with Gasteiger partial charge in [-0.3, -0.25) is 0 Å². The zero-order chi connectivity index (χ0) is 11.4. The van der Waals surface area contributed by atoms with Crippen LogP contribution < -0.4 is 5.32 Å². The molecule has 0 aliphatic carbocycles. The van der Waals surface area contributed by atoms with Gasteiger partial charge in [0, 0.05) is 32.9 Å². The molecule has 0 heterocycles. The van der Waals surface area contributed by atoms with Gasteiger partial charge in [-0.1, -0.05) is 6.92 Å². The number of hydrogen-bond acceptors (Lipinski definition) is 4. The first-order chi connectivity index (χ1) is 7.35. The summed E-state index contributed by atoms with van der Waals surface area (Å²) in [7, 11) is 0. The summed E-state index contributed by atoms with van der Waals surface area (Å²) in [6.07, 6.45) is 0.937. The normalized spacial score (nSPS) is 11.2. The Balaban J connectivity index is 3.28. The molecule has 15 heavy (non-hydrogen) atoms. The Kier molecular flexibility index (Phi) is 11.8. The van der Waals surface area contributed by atoms with Gasteiger partial charge in [0.15, 0.2) is 6.29 Å². The Morgan fingerprint density at radius 1 is 1.00 bits per heavy atom. The summed E-state index contributed by atoms with van der Waals surface area (Å²) < 4.78 is 16.1. The number of hydrogen-bond donors (Lipinski definition) is 1. The van der Waals surface area contributed by atoms with Crippen molar-refractivity contribution in [2.45, 2.75) is 33.5 Å². The molecule has 0 saturated heterocycles. The maximum absolute atomic E-state index is 5.38. The van der Waals surface area contributed by atoms with E-state index in [1.54, 1.807) is 0 Å². The fourth-order valence-electron chi connectivity index (χ4n) is 1.15. The lowest BCUT2D eigenvalue weighted by Gasteiger charge is -2.17. The minimum atomic E-state index is -0.133. The summed E-state index contributed by atoms with van der Waals surface area (Å²) in [6.45, 7) is 10.5. The third-order valence-electron chi connectivity index (χ3n) is 1.79. The van der Waals surface area contributed by atoms with Gasteiger partial charge >= 0.3 is 0 Å². The van der Waals surface area contributed by atoms with E-state index in [0.29, 0.717) is 13.2 Å². The van der Waals surface area contributed by atoms with E-state index in [0.717, 1.165) is 32.7 Å². The quantitative estimate of drug-likeness (QED) is 0.421. The molecule has 4 nitrogen and oxygen atoms in total. The van der Waals surface area contributed by atoms with E-state index in [9.17, 15) is 0 Å². The molecule has 92 valence electrons. The Bertz CT molecular complexity index is 116. The van der Waals surface area contributed by atoms with E-state index < -0.39 is 0 Å². The maximum atomic E-state index is 5.38. The van der Waals surface area contributed by atoms with Crippen molar-refractivity contribution < 1.29 is 14.2 Å². The highest BCUT2D eigenvalue weighted by molar-refractivity contribution is 4.51. The first kappa shape index (κ1) is 14.8. The minimum absolute atomic E-state index is 0.133. The third-order valence-corrected chi connectivity index (χ3v) is 1.79. The molecular weight excluding hydrogens is 194 g/mol. The van der Waals surface area contributed by atoms with E-state index in [2.05, 4.69) is 12.2 Å². The van der Waals surface area contributed by atoms with Crippen LogP contribution in [0.5, 0.6) is 0 Å². The highest BCUT2D eigenvalue weighted by atomic mass is 16.7. The average Bonchev–Trinajstić information content (AvgIpc) is 2.24. The summed E-state index contributed by atoms with van der Waals surface area (Å²) in [5, 5.41) is 3.24. The number of nitrogens with one attached hydrogen (secondary N) is 1. The summed E-state index contributed by atoms with van der Waals surface area (Å²) in [6, 6.07) is 0. The molecule has 4 heteroatoms. The lowest BCUT2D eigenvalue weighted by Crippen LogP contribution is -2.33. The van der Waals surface area contributed by atoms with Crippen LogP contribution in [0.2, 0.25) is 0 Å². The van der Waals surface area contributed by atoms with Crippen LogP contribution in [0.25, 0.3) is 0 Å². The first-order valence-corrected chi connectivity index (χ1v) is 5.86. The second kappa shape index (κ2) is 11.9. The van der Waals surface area contributed by atoms with Crippen LogP contribution in [0.15, 0.2) is 0 Å². The Hall–Kier alpha value is -0.160. The highest BCUT2D eigenvalue weighted by Crippen LogP contribution is 1.92. The lowest BCUT2D eigenvalue weighted by atomic mass is 10.5. The fourth-order valence-corrected chi connectivity index (χ4v) is 1.15. The van der Waals surface area contributed by atoms with Crippen LogP contribution in [0, 0.1) is 0 Å². The fraction of sp³-hybridized carbons (Fsp3) is 1.00. The van der Waals surface area contributed by atoms with Crippen LogP contribution in [-0.4, -0.2) is 45.8 Å². The summed E-state index contributed by atoms with van der Waals surface area (Å²) >= 11 is 0. The molecule has 0 fully saturated rings. The van der Waals surface area contributed by atoms with Crippen molar-refractivity contribution in [1.82, 2.24) is 5.32 Å². The van der Waals surface area contributed by atoms with Crippen molar-refractivity contribution >= 4 is 0 Å². The minimum Gasteiger partial charge on any atom is -0.380 e. The summed E-state index contributed by atoms with van der Waals surface area (Å²) in [4.78, 5) is 0. The van der Waals surface area contributed by atoms with Crippen molar-refractivity contribution in [2.24, 2.45) is 0 Å². The molecule has 0 aromatic rings. The van der Waals surface area contributed by atoms with Crippen molar-refractivity contribution in [1.29, 1.82) is 0 Å². The van der Waals surface area contributed by atoms with E-state index in [1.165, 1.54) is 0 Å². The molecular formula is C11H25NO3. The van der Waals surface area contributed by atoms with Crippen molar-refractivity contribution in [3.05, 3.63) is 0 Å². The zero-order valence-electron chi connectivity index (χ0n) is 10.3. The van der Waals surface area contributed by atoms with Gasteiger partial charge in [0.05, 0.1) is 6.61 Å². The molecule has 0 spiro atoms. The second-order valence-corrected chi connectivity index (χ2v) is 3.16. The van der Waals surface area contributed by atoms with Gasteiger partial charge < -0.3 is 19.5 Å². The van der Waals surface area contributed by atoms with Crippen molar-refractivity contribution in [3.8, 4) is 0 Å². The molecule has 0 aromatic carbocycles. The summed E-state index contributed by atoms with van der Waals surface area (Å²) in [5.41, 5.74) is 0. The highest BCUT2D eigenvalue weighted by Gasteiger charge is 2.05. The van der Waals surface area contributed by atoms with Crippen LogP contribution in [0.3, 0.4) is 0 Å². The van der Waals surface area contributed by atoms with E-state index in [1.807, 2.05) is 13.8 Å². The molecule has 0 aliphatic rings. The molecule has 0 rings (SSSR count). The predicted molar refractivity (Wildman–Crippen MR) is 61.0 cm³/mol. The molecule has 0 amide bonds. The van der Waals surface area contributed by atoms with Gasteiger partial charge in [-0.25, -0.2) is 0 Å². The largest absolute Gasteiger partial charge is 0.380 e. The Morgan fingerprint density at radius 3 is 2.20 bits per heavy atom. The maximum Gasteiger partial charge on any atom is 0.169 e. The molecule has 0 saturated carbocycles. The SMILES string of the molecule is CCCOCCNCC(OCC)OCC. The van der Waals surface area contributed by atoms with Crippen molar-refractivity contribution in [3.63, 3.8) is 0 Å². The number of rotatable bonds is 11. The van der Waals surface area contributed by atoms with Gasteiger partial charge in [-0.15, -0.1) is 0 Å². The molecule has 0 bridgehead atoms. The molecule has 0 unspecified atom stereocenters. The topological polar surface area (TPSA) is 39.7 Å². The van der Waals surface area contributed by atoms with Crippen LogP contribution in [-0.2, 0) is 14.2 Å². The van der Waals surface area contributed by atoms with E-state index in [4.69, 9.17) is 14.2 Å². The lowest BCUT2D eigenvalue weighted by molar-refractivity contribution is -0.133. The molecule has 1 N–H and O–H groups in total.